The van der Waals surface area contributed by atoms with E-state index in [1.165, 1.54) is 6.42 Å². The quantitative estimate of drug-likeness (QED) is 0.687. The molecule has 0 aliphatic rings. The van der Waals surface area contributed by atoms with Crippen LogP contribution in [0.3, 0.4) is 0 Å². The summed E-state index contributed by atoms with van der Waals surface area (Å²) in [5, 5.41) is 3.44. The summed E-state index contributed by atoms with van der Waals surface area (Å²) in [5.74, 6) is 1.49. The highest BCUT2D eigenvalue weighted by atomic mass is 15.2. The minimum absolute atomic E-state index is 0.646. The number of rotatable bonds is 8. The van der Waals surface area contributed by atoms with Gasteiger partial charge in [-0.25, -0.2) is 0 Å². The van der Waals surface area contributed by atoms with Gasteiger partial charge in [0.1, 0.15) is 0 Å². The molecule has 0 aromatic carbocycles. The molecule has 2 nitrogen and oxygen atoms in total. The molecular weight excluding hydrogens is 196 g/mol. The number of hydrogen-bond acceptors (Lipinski definition) is 2. The van der Waals surface area contributed by atoms with Crippen molar-refractivity contribution < 1.29 is 0 Å². The molecule has 1 N–H and O–H groups in total. The van der Waals surface area contributed by atoms with Gasteiger partial charge in [-0.2, -0.15) is 0 Å². The van der Waals surface area contributed by atoms with Crippen LogP contribution in [0.25, 0.3) is 0 Å². The Labute approximate surface area is 103 Å². The van der Waals surface area contributed by atoms with E-state index in [1.807, 2.05) is 0 Å². The molecule has 0 radical (unpaired) electrons. The number of hydrogen-bond donors (Lipinski definition) is 1. The highest BCUT2D eigenvalue weighted by molar-refractivity contribution is 4.76. The van der Waals surface area contributed by atoms with E-state index in [-0.39, 0.29) is 0 Å². The van der Waals surface area contributed by atoms with Crippen molar-refractivity contribution in [2.45, 2.75) is 60.0 Å². The summed E-state index contributed by atoms with van der Waals surface area (Å²) in [6.07, 6.45) is 1.29. The maximum atomic E-state index is 3.44. The van der Waals surface area contributed by atoms with E-state index in [4.69, 9.17) is 0 Å². The molecule has 2 heteroatoms. The molecule has 0 aliphatic carbocycles. The van der Waals surface area contributed by atoms with Gasteiger partial charge in [0.05, 0.1) is 0 Å². The lowest BCUT2D eigenvalue weighted by Crippen LogP contribution is -2.43. The van der Waals surface area contributed by atoms with Crippen LogP contribution >= 0.6 is 0 Å². The average Bonchev–Trinajstić information content (AvgIpc) is 2.22. The highest BCUT2D eigenvalue weighted by Crippen LogP contribution is 2.16. The van der Waals surface area contributed by atoms with E-state index in [0.29, 0.717) is 18.0 Å². The number of nitrogens with one attached hydrogen (secondary N) is 1. The molecule has 0 aliphatic heterocycles. The second-order valence-corrected chi connectivity index (χ2v) is 5.67. The molecule has 0 saturated carbocycles. The third-order valence-corrected chi connectivity index (χ3v) is 3.69. The van der Waals surface area contributed by atoms with E-state index in [0.717, 1.165) is 19.0 Å². The van der Waals surface area contributed by atoms with Gasteiger partial charge in [0.25, 0.3) is 0 Å². The Morgan fingerprint density at radius 3 is 2.06 bits per heavy atom. The van der Waals surface area contributed by atoms with Crippen LogP contribution in [0.1, 0.15) is 48.0 Å². The van der Waals surface area contributed by atoms with Gasteiger partial charge in [0, 0.05) is 12.1 Å². The topological polar surface area (TPSA) is 15.3 Å². The minimum Gasteiger partial charge on any atom is -0.317 e. The van der Waals surface area contributed by atoms with Gasteiger partial charge >= 0.3 is 0 Å². The van der Waals surface area contributed by atoms with Crippen LogP contribution in [0.4, 0.5) is 0 Å². The van der Waals surface area contributed by atoms with E-state index < -0.39 is 0 Å². The van der Waals surface area contributed by atoms with E-state index in [1.54, 1.807) is 0 Å². The zero-order valence-electron chi connectivity index (χ0n) is 12.4. The van der Waals surface area contributed by atoms with E-state index in [2.05, 4.69) is 58.8 Å². The minimum atomic E-state index is 0.646. The Balaban J connectivity index is 4.08. The Bertz CT molecular complexity index is 168. The summed E-state index contributed by atoms with van der Waals surface area (Å²) in [7, 11) is 2.26. The van der Waals surface area contributed by atoms with Gasteiger partial charge in [-0.1, -0.05) is 27.7 Å². The van der Waals surface area contributed by atoms with Gasteiger partial charge in [-0.15, -0.1) is 0 Å². The molecule has 16 heavy (non-hydrogen) atoms. The smallest absolute Gasteiger partial charge is 0.0104 e. The predicted molar refractivity (Wildman–Crippen MR) is 73.8 cm³/mol. The van der Waals surface area contributed by atoms with Crippen molar-refractivity contribution in [3.05, 3.63) is 0 Å². The molecule has 0 bridgehead atoms. The van der Waals surface area contributed by atoms with Gasteiger partial charge in [-0.3, -0.25) is 0 Å². The van der Waals surface area contributed by atoms with Crippen LogP contribution < -0.4 is 5.32 Å². The second kappa shape index (κ2) is 8.08. The lowest BCUT2D eigenvalue weighted by atomic mass is 9.98. The lowest BCUT2D eigenvalue weighted by Gasteiger charge is -2.35. The van der Waals surface area contributed by atoms with E-state index >= 15 is 0 Å². The van der Waals surface area contributed by atoms with Crippen molar-refractivity contribution in [2.75, 3.05) is 20.1 Å². The zero-order chi connectivity index (χ0) is 12.7. The first-order valence-electron chi connectivity index (χ1n) is 6.82. The summed E-state index contributed by atoms with van der Waals surface area (Å²) in [6.45, 7) is 16.0. The van der Waals surface area contributed by atoms with Crippen molar-refractivity contribution in [3.8, 4) is 0 Å². The fourth-order valence-corrected chi connectivity index (χ4v) is 2.19. The van der Waals surface area contributed by atoms with Gasteiger partial charge < -0.3 is 10.2 Å². The Morgan fingerprint density at radius 2 is 1.62 bits per heavy atom. The van der Waals surface area contributed by atoms with Crippen LogP contribution in [-0.4, -0.2) is 37.1 Å². The second-order valence-electron chi connectivity index (χ2n) is 5.67. The molecule has 0 aromatic heterocycles. The van der Waals surface area contributed by atoms with Crippen molar-refractivity contribution in [1.29, 1.82) is 0 Å². The van der Waals surface area contributed by atoms with E-state index in [9.17, 15) is 0 Å². The molecule has 0 heterocycles. The Kier molecular flexibility index (Phi) is 8.04. The van der Waals surface area contributed by atoms with Crippen LogP contribution in [-0.2, 0) is 0 Å². The summed E-state index contributed by atoms with van der Waals surface area (Å²) in [5.41, 5.74) is 0. The maximum Gasteiger partial charge on any atom is 0.0104 e. The normalized spacial score (nSPS) is 17.8. The Morgan fingerprint density at radius 1 is 1.06 bits per heavy atom. The predicted octanol–water partition coefficient (Wildman–Crippen LogP) is 2.99. The number of nitrogens with zero attached hydrogens (tertiary/aromatic N) is 1. The molecule has 0 fully saturated rings. The van der Waals surface area contributed by atoms with Gasteiger partial charge in [-0.05, 0) is 52.2 Å². The molecule has 3 atom stereocenters. The fraction of sp³-hybridized carbons (Fsp3) is 1.00. The SMILES string of the molecule is CCNCC(C)C(C)N(C)C(C)CC(C)C. The first-order valence-corrected chi connectivity index (χ1v) is 6.82. The first-order chi connectivity index (χ1) is 7.40. The van der Waals surface area contributed by atoms with Crippen LogP contribution in [0.5, 0.6) is 0 Å². The summed E-state index contributed by atoms with van der Waals surface area (Å²) in [6, 6.07) is 1.33. The van der Waals surface area contributed by atoms with Crippen molar-refractivity contribution in [1.82, 2.24) is 10.2 Å². The molecular formula is C14H32N2. The summed E-state index contributed by atoms with van der Waals surface area (Å²) in [4.78, 5) is 2.53. The standard InChI is InChI=1S/C14H32N2/c1-8-15-10-12(4)14(6)16(7)13(5)9-11(2)3/h11-15H,8-10H2,1-7H3. The molecule has 0 saturated heterocycles. The van der Waals surface area contributed by atoms with Gasteiger partial charge in [0.15, 0.2) is 0 Å². The highest BCUT2D eigenvalue weighted by Gasteiger charge is 2.21. The molecule has 0 spiro atoms. The molecule has 3 unspecified atom stereocenters. The lowest BCUT2D eigenvalue weighted by molar-refractivity contribution is 0.135. The molecule has 0 amide bonds. The summed E-state index contributed by atoms with van der Waals surface area (Å²) < 4.78 is 0. The zero-order valence-corrected chi connectivity index (χ0v) is 12.4. The Hall–Kier alpha value is -0.0800. The molecule has 0 rings (SSSR count). The summed E-state index contributed by atoms with van der Waals surface area (Å²) >= 11 is 0. The monoisotopic (exact) mass is 228 g/mol. The van der Waals surface area contributed by atoms with Crippen LogP contribution in [0, 0.1) is 11.8 Å². The van der Waals surface area contributed by atoms with Crippen molar-refractivity contribution in [2.24, 2.45) is 11.8 Å². The third kappa shape index (κ3) is 5.86. The third-order valence-electron chi connectivity index (χ3n) is 3.69. The average molecular weight is 228 g/mol. The molecule has 98 valence electrons. The first kappa shape index (κ1) is 15.9. The van der Waals surface area contributed by atoms with Crippen molar-refractivity contribution in [3.63, 3.8) is 0 Å². The van der Waals surface area contributed by atoms with Crippen LogP contribution in [0.2, 0.25) is 0 Å². The van der Waals surface area contributed by atoms with Crippen molar-refractivity contribution >= 4 is 0 Å². The van der Waals surface area contributed by atoms with Gasteiger partial charge in [0.2, 0.25) is 0 Å². The molecule has 0 aromatic rings. The largest absolute Gasteiger partial charge is 0.317 e. The van der Waals surface area contributed by atoms with Crippen LogP contribution in [0.15, 0.2) is 0 Å². The maximum absolute atomic E-state index is 3.44. The fourth-order valence-electron chi connectivity index (χ4n) is 2.19.